The van der Waals surface area contributed by atoms with E-state index in [2.05, 4.69) is 17.1 Å². The molecule has 6 nitrogen and oxygen atoms in total. The van der Waals surface area contributed by atoms with Crippen LogP contribution in [-0.4, -0.2) is 18.7 Å². The van der Waals surface area contributed by atoms with E-state index in [1.807, 2.05) is 18.2 Å². The fraction of sp³-hybridized carbons (Fsp3) is 0.188. The van der Waals surface area contributed by atoms with Crippen molar-refractivity contribution in [1.29, 1.82) is 0 Å². The van der Waals surface area contributed by atoms with E-state index in [-0.39, 0.29) is 11.2 Å². The molecule has 0 atom stereocenters. The van der Waals surface area contributed by atoms with Gasteiger partial charge in [0.05, 0.1) is 4.88 Å². The van der Waals surface area contributed by atoms with Gasteiger partial charge in [0, 0.05) is 25.8 Å². The second-order valence-corrected chi connectivity index (χ2v) is 6.60. The number of thiophene rings is 1. The largest absolute Gasteiger partial charge is 0.332 e. The van der Waals surface area contributed by atoms with Crippen LogP contribution in [0.25, 0.3) is 32.0 Å². The monoisotopic (exact) mass is 326 g/mol. The molecule has 0 amide bonds. The first-order valence-corrected chi connectivity index (χ1v) is 7.92. The summed E-state index contributed by atoms with van der Waals surface area (Å²) in [6.07, 6.45) is 0. The number of fused-ring (bicyclic) bond motifs is 2. The Morgan fingerprint density at radius 3 is 2.48 bits per heavy atom. The Bertz CT molecular complexity index is 1160. The lowest BCUT2D eigenvalue weighted by Gasteiger charge is -2.03. The maximum Gasteiger partial charge on any atom is 0.332 e. The van der Waals surface area contributed by atoms with Crippen molar-refractivity contribution in [2.75, 3.05) is 0 Å². The van der Waals surface area contributed by atoms with Crippen molar-refractivity contribution in [2.45, 2.75) is 0 Å². The van der Waals surface area contributed by atoms with Crippen LogP contribution in [0, 0.1) is 0 Å². The van der Waals surface area contributed by atoms with E-state index in [1.165, 1.54) is 11.6 Å². The number of hydrogen-bond acceptors (Lipinski definition) is 4. The van der Waals surface area contributed by atoms with Gasteiger partial charge in [0.15, 0.2) is 17.0 Å². The Morgan fingerprint density at radius 2 is 1.74 bits per heavy atom. The summed E-state index contributed by atoms with van der Waals surface area (Å²) in [5.74, 6) is 0.694. The third kappa shape index (κ3) is 1.83. The third-order valence-electron chi connectivity index (χ3n) is 4.12. The maximum atomic E-state index is 12.4. The van der Waals surface area contributed by atoms with Crippen molar-refractivity contribution >= 4 is 32.6 Å². The zero-order valence-electron chi connectivity index (χ0n) is 12.9. The van der Waals surface area contributed by atoms with Gasteiger partial charge in [0.2, 0.25) is 0 Å². The lowest BCUT2D eigenvalue weighted by Crippen LogP contribution is -2.37. The summed E-state index contributed by atoms with van der Waals surface area (Å²) in [6.45, 7) is 0. The minimum absolute atomic E-state index is 0.328. The molecule has 4 aromatic rings. The highest BCUT2D eigenvalue weighted by atomic mass is 32.1. The Kier molecular flexibility index (Phi) is 2.83. The van der Waals surface area contributed by atoms with Gasteiger partial charge in [0.1, 0.15) is 0 Å². The van der Waals surface area contributed by atoms with Crippen molar-refractivity contribution in [3.05, 3.63) is 51.2 Å². The smallest absolute Gasteiger partial charge is 0.321 e. The van der Waals surface area contributed by atoms with Crippen molar-refractivity contribution < 1.29 is 0 Å². The second-order valence-electron chi connectivity index (χ2n) is 5.52. The van der Waals surface area contributed by atoms with E-state index in [0.29, 0.717) is 17.0 Å². The van der Waals surface area contributed by atoms with Gasteiger partial charge in [-0.15, -0.1) is 11.3 Å². The molecule has 0 N–H and O–H groups in total. The van der Waals surface area contributed by atoms with Crippen molar-refractivity contribution in [3.8, 4) is 10.7 Å². The molecule has 116 valence electrons. The number of benzene rings is 1. The topological polar surface area (TPSA) is 61.8 Å². The Balaban J connectivity index is 2.11. The molecule has 23 heavy (non-hydrogen) atoms. The predicted molar refractivity (Wildman–Crippen MR) is 92.0 cm³/mol. The fourth-order valence-corrected chi connectivity index (χ4v) is 3.92. The van der Waals surface area contributed by atoms with Gasteiger partial charge in [-0.2, -0.15) is 0 Å². The molecule has 7 heteroatoms. The molecule has 0 saturated carbocycles. The SMILES string of the molecule is Cn1c(=O)c2c(nc(-c3cc4ccccc4s3)n2C)n(C)c1=O. The van der Waals surface area contributed by atoms with Crippen LogP contribution in [0.5, 0.6) is 0 Å². The molecule has 0 unspecified atom stereocenters. The molecule has 0 aliphatic carbocycles. The average molecular weight is 326 g/mol. The summed E-state index contributed by atoms with van der Waals surface area (Å²) in [5.41, 5.74) is 0.143. The minimum atomic E-state index is -0.372. The van der Waals surface area contributed by atoms with Gasteiger partial charge in [-0.1, -0.05) is 18.2 Å². The molecule has 0 spiro atoms. The molecule has 1 aromatic carbocycles. The van der Waals surface area contributed by atoms with Gasteiger partial charge in [-0.05, 0) is 17.5 Å². The number of aryl methyl sites for hydroxylation is 2. The highest BCUT2D eigenvalue weighted by Crippen LogP contribution is 2.33. The molecular weight excluding hydrogens is 312 g/mol. The van der Waals surface area contributed by atoms with Crippen LogP contribution >= 0.6 is 11.3 Å². The number of rotatable bonds is 1. The minimum Gasteiger partial charge on any atom is -0.321 e. The van der Waals surface area contributed by atoms with Crippen LogP contribution in [0.2, 0.25) is 0 Å². The van der Waals surface area contributed by atoms with Gasteiger partial charge in [-0.3, -0.25) is 13.9 Å². The molecule has 0 aliphatic heterocycles. The number of aromatic nitrogens is 4. The standard InChI is InChI=1S/C16H14N4O2S/c1-18-12-14(19(2)16(22)20(3)15(12)21)17-13(18)11-8-9-6-4-5-7-10(9)23-11/h4-8H,1-3H3. The number of hydrogen-bond donors (Lipinski definition) is 0. The summed E-state index contributed by atoms with van der Waals surface area (Å²) in [4.78, 5) is 30.0. The van der Waals surface area contributed by atoms with Crippen molar-refractivity contribution in [1.82, 2.24) is 18.7 Å². The normalized spacial score (nSPS) is 11.6. The van der Waals surface area contributed by atoms with Gasteiger partial charge >= 0.3 is 5.69 Å². The summed E-state index contributed by atoms with van der Waals surface area (Å²) in [7, 11) is 4.92. The zero-order valence-corrected chi connectivity index (χ0v) is 13.7. The lowest BCUT2D eigenvalue weighted by molar-refractivity contribution is 0.705. The second kappa shape index (κ2) is 4.66. The Labute approximate surface area is 134 Å². The maximum absolute atomic E-state index is 12.4. The van der Waals surface area contributed by atoms with Crippen LogP contribution in [0.1, 0.15) is 0 Å². The van der Waals surface area contributed by atoms with E-state index in [0.717, 1.165) is 19.5 Å². The molecule has 0 fully saturated rings. The lowest BCUT2D eigenvalue weighted by atomic mass is 10.2. The van der Waals surface area contributed by atoms with Crippen LogP contribution in [0.3, 0.4) is 0 Å². The van der Waals surface area contributed by atoms with E-state index in [1.54, 1.807) is 30.0 Å². The molecule has 3 heterocycles. The first kappa shape index (κ1) is 14.0. The Hall–Kier alpha value is -2.67. The van der Waals surface area contributed by atoms with E-state index in [9.17, 15) is 9.59 Å². The first-order chi connectivity index (χ1) is 11.0. The van der Waals surface area contributed by atoms with E-state index in [4.69, 9.17) is 0 Å². The highest BCUT2D eigenvalue weighted by Gasteiger charge is 2.19. The van der Waals surface area contributed by atoms with Crippen LogP contribution in [0.15, 0.2) is 39.9 Å². The zero-order chi connectivity index (χ0) is 16.3. The summed E-state index contributed by atoms with van der Waals surface area (Å²) >= 11 is 1.62. The highest BCUT2D eigenvalue weighted by molar-refractivity contribution is 7.22. The van der Waals surface area contributed by atoms with Crippen LogP contribution in [-0.2, 0) is 21.1 Å². The average Bonchev–Trinajstić information content (AvgIpc) is 3.11. The summed E-state index contributed by atoms with van der Waals surface area (Å²) < 4.78 is 5.45. The van der Waals surface area contributed by atoms with E-state index < -0.39 is 0 Å². The van der Waals surface area contributed by atoms with Crippen molar-refractivity contribution in [3.63, 3.8) is 0 Å². The van der Waals surface area contributed by atoms with Crippen LogP contribution < -0.4 is 11.2 Å². The van der Waals surface area contributed by atoms with Crippen LogP contribution in [0.4, 0.5) is 0 Å². The number of nitrogens with zero attached hydrogens (tertiary/aromatic N) is 4. The fourth-order valence-electron chi connectivity index (χ4n) is 2.83. The molecule has 4 rings (SSSR count). The number of imidazole rings is 1. The first-order valence-electron chi connectivity index (χ1n) is 7.10. The van der Waals surface area contributed by atoms with Gasteiger partial charge in [-0.25, -0.2) is 9.78 Å². The Morgan fingerprint density at radius 1 is 1.00 bits per heavy atom. The van der Waals surface area contributed by atoms with Gasteiger partial charge < -0.3 is 4.57 Å². The quantitative estimate of drug-likeness (QED) is 0.536. The molecule has 0 radical (unpaired) electrons. The third-order valence-corrected chi connectivity index (χ3v) is 5.23. The molecular formula is C16H14N4O2S. The molecule has 0 aliphatic rings. The molecule has 0 saturated heterocycles. The molecule has 3 aromatic heterocycles. The van der Waals surface area contributed by atoms with Gasteiger partial charge in [0.25, 0.3) is 5.56 Å². The predicted octanol–water partition coefficient (Wildman–Crippen LogP) is 1.85. The van der Waals surface area contributed by atoms with E-state index >= 15 is 0 Å². The molecule has 0 bridgehead atoms. The summed E-state index contributed by atoms with van der Waals surface area (Å²) in [6, 6.07) is 10.2. The van der Waals surface area contributed by atoms with Crippen molar-refractivity contribution in [2.24, 2.45) is 21.1 Å². The summed E-state index contributed by atoms with van der Waals surface area (Å²) in [5, 5.41) is 1.14.